The first kappa shape index (κ1) is 12.9. The normalized spacial score (nSPS) is 10.1. The van der Waals surface area contributed by atoms with Crippen molar-refractivity contribution in [2.45, 2.75) is 0 Å². The van der Waals surface area contributed by atoms with Gasteiger partial charge < -0.3 is 9.30 Å². The summed E-state index contributed by atoms with van der Waals surface area (Å²) in [6.45, 7) is 0. The molecule has 2 aromatic carbocycles. The molecule has 0 radical (unpaired) electrons. The van der Waals surface area contributed by atoms with E-state index >= 15 is 0 Å². The lowest BCUT2D eigenvalue weighted by Gasteiger charge is -2.04. The summed E-state index contributed by atoms with van der Waals surface area (Å²) in [4.78, 5) is 15.9. The number of benzene rings is 2. The quantitative estimate of drug-likeness (QED) is 0.798. The third-order valence-electron chi connectivity index (χ3n) is 2.82. The lowest BCUT2D eigenvalue weighted by Crippen LogP contribution is -2.16. The van der Waals surface area contributed by atoms with E-state index in [1.807, 2.05) is 41.0 Å². The molecule has 5 nitrogen and oxygen atoms in total. The van der Waals surface area contributed by atoms with E-state index in [1.54, 1.807) is 36.8 Å². The van der Waals surface area contributed by atoms with Gasteiger partial charge in [-0.25, -0.2) is 9.78 Å². The van der Waals surface area contributed by atoms with Crippen LogP contribution in [0.15, 0.2) is 73.2 Å². The summed E-state index contributed by atoms with van der Waals surface area (Å²) in [5.74, 6) is 0.914. The van der Waals surface area contributed by atoms with Crippen LogP contribution in [0.3, 0.4) is 0 Å². The minimum absolute atomic E-state index is 0.430. The molecule has 0 aliphatic carbocycles. The zero-order valence-corrected chi connectivity index (χ0v) is 11.1. The smallest absolute Gasteiger partial charge is 0.410 e. The highest BCUT2D eigenvalue weighted by atomic mass is 16.6. The van der Waals surface area contributed by atoms with Crippen molar-refractivity contribution in [2.24, 2.45) is 0 Å². The van der Waals surface area contributed by atoms with Crippen LogP contribution < -0.4 is 10.1 Å². The lowest BCUT2D eigenvalue weighted by molar-refractivity contribution is 0.215. The Morgan fingerprint density at radius 2 is 1.67 bits per heavy atom. The number of hydrogen-bond donors (Lipinski definition) is 1. The van der Waals surface area contributed by atoms with Gasteiger partial charge in [-0.1, -0.05) is 36.4 Å². The molecule has 1 heterocycles. The van der Waals surface area contributed by atoms with E-state index in [2.05, 4.69) is 10.3 Å². The number of nitrogens with zero attached hydrogens (tertiary/aromatic N) is 2. The maximum atomic E-state index is 11.7. The third-order valence-corrected chi connectivity index (χ3v) is 2.82. The van der Waals surface area contributed by atoms with E-state index in [0.717, 1.165) is 5.69 Å². The largest absolute Gasteiger partial charge is 0.418 e. The van der Waals surface area contributed by atoms with Gasteiger partial charge in [0.05, 0.1) is 6.20 Å². The fourth-order valence-electron chi connectivity index (χ4n) is 1.85. The van der Waals surface area contributed by atoms with E-state index in [4.69, 9.17) is 4.74 Å². The van der Waals surface area contributed by atoms with E-state index in [0.29, 0.717) is 11.6 Å². The van der Waals surface area contributed by atoms with Gasteiger partial charge in [-0.05, 0) is 24.3 Å². The molecule has 0 aliphatic rings. The molecule has 1 aromatic heterocycles. The lowest BCUT2D eigenvalue weighted by atomic mass is 10.3. The Hall–Kier alpha value is -3.08. The number of nitrogens with one attached hydrogen (secondary N) is 1. The Balaban J connectivity index is 1.66. The highest BCUT2D eigenvalue weighted by Crippen LogP contribution is 2.12. The average Bonchev–Trinajstić information content (AvgIpc) is 2.97. The predicted octanol–water partition coefficient (Wildman–Crippen LogP) is 3.48. The maximum absolute atomic E-state index is 11.7. The summed E-state index contributed by atoms with van der Waals surface area (Å²) < 4.78 is 6.95. The van der Waals surface area contributed by atoms with Crippen LogP contribution in [0, 0.1) is 0 Å². The molecular weight excluding hydrogens is 266 g/mol. The SMILES string of the molecule is O=C(Nc1cn(-c2ccccc2)cn1)Oc1ccccc1. The number of carbonyl (C=O) groups excluding carboxylic acids is 1. The number of anilines is 1. The zero-order valence-electron chi connectivity index (χ0n) is 11.1. The molecule has 0 aliphatic heterocycles. The van der Waals surface area contributed by atoms with Gasteiger partial charge in [-0.3, -0.25) is 5.32 Å². The number of amides is 1. The van der Waals surface area contributed by atoms with Gasteiger partial charge in [-0.15, -0.1) is 0 Å². The van der Waals surface area contributed by atoms with Crippen molar-refractivity contribution in [3.05, 3.63) is 73.2 Å². The molecule has 3 aromatic rings. The van der Waals surface area contributed by atoms with Crippen molar-refractivity contribution in [2.75, 3.05) is 5.32 Å². The Kier molecular flexibility index (Phi) is 3.64. The van der Waals surface area contributed by atoms with Crippen LogP contribution in [0.25, 0.3) is 5.69 Å². The molecule has 1 N–H and O–H groups in total. The molecule has 104 valence electrons. The highest BCUT2D eigenvalue weighted by molar-refractivity contribution is 5.85. The summed E-state index contributed by atoms with van der Waals surface area (Å²) in [6.07, 6.45) is 2.79. The number of aromatic nitrogens is 2. The van der Waals surface area contributed by atoms with Gasteiger partial charge in [0.1, 0.15) is 12.1 Å². The number of carbonyl (C=O) groups is 1. The summed E-state index contributed by atoms with van der Waals surface area (Å²) in [7, 11) is 0. The fourth-order valence-corrected chi connectivity index (χ4v) is 1.85. The second-order valence-corrected chi connectivity index (χ2v) is 4.33. The molecule has 0 spiro atoms. The molecule has 0 bridgehead atoms. The first-order valence-corrected chi connectivity index (χ1v) is 6.44. The second-order valence-electron chi connectivity index (χ2n) is 4.33. The van der Waals surface area contributed by atoms with Gasteiger partial charge in [0.2, 0.25) is 0 Å². The minimum atomic E-state index is -0.570. The van der Waals surface area contributed by atoms with Gasteiger partial charge in [0, 0.05) is 5.69 Å². The van der Waals surface area contributed by atoms with Crippen molar-refractivity contribution < 1.29 is 9.53 Å². The maximum Gasteiger partial charge on any atom is 0.418 e. The molecule has 0 atom stereocenters. The minimum Gasteiger partial charge on any atom is -0.410 e. The van der Waals surface area contributed by atoms with Crippen molar-refractivity contribution in [1.29, 1.82) is 0 Å². The zero-order chi connectivity index (χ0) is 14.5. The Morgan fingerprint density at radius 3 is 2.38 bits per heavy atom. The third kappa shape index (κ3) is 3.27. The fraction of sp³-hybridized carbons (Fsp3) is 0. The number of hydrogen-bond acceptors (Lipinski definition) is 3. The topological polar surface area (TPSA) is 56.2 Å². The number of ether oxygens (including phenoxy) is 1. The van der Waals surface area contributed by atoms with Crippen molar-refractivity contribution in [3.8, 4) is 11.4 Å². The molecule has 0 fully saturated rings. The highest BCUT2D eigenvalue weighted by Gasteiger charge is 2.07. The Bertz CT molecular complexity index is 724. The van der Waals surface area contributed by atoms with Gasteiger partial charge in [-0.2, -0.15) is 0 Å². The molecular formula is C16H13N3O2. The van der Waals surface area contributed by atoms with Crippen molar-refractivity contribution >= 4 is 11.9 Å². The summed E-state index contributed by atoms with van der Waals surface area (Å²) in [5.41, 5.74) is 0.967. The van der Waals surface area contributed by atoms with Gasteiger partial charge >= 0.3 is 6.09 Å². The second kappa shape index (κ2) is 5.92. The molecule has 0 saturated carbocycles. The standard InChI is InChI=1S/C16H13N3O2/c20-16(21-14-9-5-2-6-10-14)18-15-11-19(12-17-15)13-7-3-1-4-8-13/h1-12H,(H,18,20). The Labute approximate surface area is 121 Å². The summed E-state index contributed by atoms with van der Waals surface area (Å²) >= 11 is 0. The molecule has 5 heteroatoms. The average molecular weight is 279 g/mol. The monoisotopic (exact) mass is 279 g/mol. The van der Waals surface area contributed by atoms with Crippen LogP contribution in [0.4, 0.5) is 10.6 Å². The van der Waals surface area contributed by atoms with Crippen LogP contribution in [0.5, 0.6) is 5.75 Å². The number of para-hydroxylation sites is 2. The molecule has 3 rings (SSSR count). The van der Waals surface area contributed by atoms with E-state index in [1.165, 1.54) is 0 Å². The summed E-state index contributed by atoms with van der Waals surface area (Å²) in [5, 5.41) is 2.59. The van der Waals surface area contributed by atoms with Crippen LogP contribution in [-0.2, 0) is 0 Å². The van der Waals surface area contributed by atoms with E-state index in [9.17, 15) is 4.79 Å². The molecule has 0 unspecified atom stereocenters. The molecule has 0 saturated heterocycles. The summed E-state index contributed by atoms with van der Waals surface area (Å²) in [6, 6.07) is 18.6. The van der Waals surface area contributed by atoms with E-state index in [-0.39, 0.29) is 0 Å². The van der Waals surface area contributed by atoms with Gasteiger partial charge in [0.25, 0.3) is 0 Å². The van der Waals surface area contributed by atoms with Gasteiger partial charge in [0.15, 0.2) is 5.82 Å². The van der Waals surface area contributed by atoms with Crippen molar-refractivity contribution in [1.82, 2.24) is 9.55 Å². The van der Waals surface area contributed by atoms with Crippen LogP contribution in [-0.4, -0.2) is 15.6 Å². The van der Waals surface area contributed by atoms with Crippen LogP contribution >= 0.6 is 0 Å². The molecule has 21 heavy (non-hydrogen) atoms. The predicted molar refractivity (Wildman–Crippen MR) is 79.7 cm³/mol. The number of rotatable bonds is 3. The number of imidazole rings is 1. The van der Waals surface area contributed by atoms with Crippen LogP contribution in [0.2, 0.25) is 0 Å². The first-order valence-electron chi connectivity index (χ1n) is 6.44. The first-order chi connectivity index (χ1) is 10.3. The molecule has 1 amide bonds. The van der Waals surface area contributed by atoms with Crippen molar-refractivity contribution in [3.63, 3.8) is 0 Å². The Morgan fingerprint density at radius 1 is 1.00 bits per heavy atom. The van der Waals surface area contributed by atoms with Crippen LogP contribution in [0.1, 0.15) is 0 Å². The van der Waals surface area contributed by atoms with E-state index < -0.39 is 6.09 Å².